The van der Waals surface area contributed by atoms with Gasteiger partial charge >= 0.3 is 5.97 Å². The molecule has 186 valence electrons. The van der Waals surface area contributed by atoms with Gasteiger partial charge in [-0.2, -0.15) is 5.26 Å². The number of hydrogen-bond acceptors (Lipinski definition) is 6. The van der Waals surface area contributed by atoms with E-state index in [9.17, 15) is 14.9 Å². The summed E-state index contributed by atoms with van der Waals surface area (Å²) in [6.07, 6.45) is 1.49. The van der Waals surface area contributed by atoms with E-state index in [1.165, 1.54) is 17.8 Å². The molecule has 6 nitrogen and oxygen atoms in total. The lowest BCUT2D eigenvalue weighted by molar-refractivity contribution is -0.138. The van der Waals surface area contributed by atoms with Crippen LogP contribution in [0.25, 0.3) is 0 Å². The fraction of sp³-hybridized carbons (Fsp3) is 0.250. The number of nitrogens with one attached hydrogen (secondary N) is 2. The van der Waals surface area contributed by atoms with Crippen molar-refractivity contribution in [3.8, 4) is 6.07 Å². The number of rotatable bonds is 8. The summed E-state index contributed by atoms with van der Waals surface area (Å²) >= 11 is 7.29. The van der Waals surface area contributed by atoms with Gasteiger partial charge in [-0.15, -0.1) is 0 Å². The molecule has 3 rings (SSSR count). The maximum atomic E-state index is 12.9. The number of carbonyl (C=O) groups is 2. The second kappa shape index (κ2) is 12.0. The van der Waals surface area contributed by atoms with Crippen molar-refractivity contribution in [2.75, 3.05) is 17.7 Å². The average Bonchev–Trinajstić information content (AvgIpc) is 2.83. The standard InChI is InChI=1S/C28H28ClN3O3S/c1-6-11-35-28(34)24-19(5)31-27(22(14-30)25(24)20-7-9-21(29)10-8-20)36-15-23(33)32-26-17(3)12-16(2)13-18(26)4/h6-10,12-13,25,31H,1,11,15H2,2-5H3,(H,32,33)/t25-/m1/s1. The highest BCUT2D eigenvalue weighted by Crippen LogP contribution is 2.41. The molecule has 0 radical (unpaired) electrons. The number of allylic oxidation sites excluding steroid dienone is 2. The second-order valence-corrected chi connectivity index (χ2v) is 9.92. The SMILES string of the molecule is C=CCOC(=O)C1=C(C)NC(SCC(=O)Nc2c(C)cc(C)cc2C)=C(C#N)[C@H]1c1ccc(Cl)cc1. The maximum Gasteiger partial charge on any atom is 0.337 e. The summed E-state index contributed by atoms with van der Waals surface area (Å²) in [5, 5.41) is 17.3. The molecule has 0 unspecified atom stereocenters. The number of carbonyl (C=O) groups excluding carboxylic acids is 2. The number of benzene rings is 2. The Kier molecular flexibility index (Phi) is 9.03. The van der Waals surface area contributed by atoms with Gasteiger partial charge in [0.15, 0.2) is 0 Å². The Labute approximate surface area is 221 Å². The van der Waals surface area contributed by atoms with Crippen molar-refractivity contribution in [1.29, 1.82) is 5.26 Å². The topological polar surface area (TPSA) is 91.2 Å². The highest BCUT2D eigenvalue weighted by Gasteiger charge is 2.35. The second-order valence-electron chi connectivity index (χ2n) is 8.50. The Bertz CT molecular complexity index is 1280. The number of nitrogens with zero attached hydrogens (tertiary/aromatic N) is 1. The third kappa shape index (κ3) is 6.20. The first-order valence-corrected chi connectivity index (χ1v) is 12.7. The molecule has 8 heteroatoms. The number of dihydropyridines is 1. The molecule has 0 aliphatic carbocycles. The minimum Gasteiger partial charge on any atom is -0.458 e. The molecule has 1 heterocycles. The predicted octanol–water partition coefficient (Wildman–Crippen LogP) is 6.06. The average molecular weight is 522 g/mol. The minimum atomic E-state index is -0.669. The van der Waals surface area contributed by atoms with Crippen molar-refractivity contribution < 1.29 is 14.3 Å². The van der Waals surface area contributed by atoms with E-state index in [-0.39, 0.29) is 18.3 Å². The number of hydrogen-bond donors (Lipinski definition) is 2. The van der Waals surface area contributed by atoms with Crippen LogP contribution in [0.3, 0.4) is 0 Å². The lowest BCUT2D eigenvalue weighted by atomic mass is 9.82. The molecule has 1 atom stereocenters. The quantitative estimate of drug-likeness (QED) is 0.324. The van der Waals surface area contributed by atoms with Crippen molar-refractivity contribution in [3.05, 3.63) is 98.2 Å². The molecule has 0 spiro atoms. The molecule has 0 fully saturated rings. The van der Waals surface area contributed by atoms with Crippen LogP contribution in [-0.2, 0) is 14.3 Å². The van der Waals surface area contributed by atoms with Gasteiger partial charge in [0.25, 0.3) is 0 Å². The Balaban J connectivity index is 1.90. The van der Waals surface area contributed by atoms with Crippen molar-refractivity contribution >= 4 is 40.9 Å². The van der Waals surface area contributed by atoms with Crippen LogP contribution < -0.4 is 10.6 Å². The zero-order chi connectivity index (χ0) is 26.4. The zero-order valence-electron chi connectivity index (χ0n) is 20.7. The van der Waals surface area contributed by atoms with Gasteiger partial charge < -0.3 is 15.4 Å². The van der Waals surface area contributed by atoms with E-state index in [1.807, 2.05) is 32.9 Å². The Hall–Kier alpha value is -3.47. The molecule has 1 aliphatic rings. The number of halogens is 1. The van der Waals surface area contributed by atoms with Crippen LogP contribution >= 0.6 is 23.4 Å². The molecule has 36 heavy (non-hydrogen) atoms. The molecule has 0 saturated carbocycles. The molecule has 2 aromatic carbocycles. The van der Waals surface area contributed by atoms with Gasteiger partial charge in [0.2, 0.25) is 5.91 Å². The fourth-order valence-corrected chi connectivity index (χ4v) is 5.21. The minimum absolute atomic E-state index is 0.0498. The van der Waals surface area contributed by atoms with Crippen molar-refractivity contribution in [1.82, 2.24) is 5.32 Å². The Morgan fingerprint density at radius 3 is 2.42 bits per heavy atom. The van der Waals surface area contributed by atoms with E-state index in [1.54, 1.807) is 31.2 Å². The van der Waals surface area contributed by atoms with E-state index >= 15 is 0 Å². The van der Waals surface area contributed by atoms with Gasteiger partial charge in [-0.05, 0) is 56.5 Å². The van der Waals surface area contributed by atoms with Gasteiger partial charge in [0.05, 0.1) is 33.9 Å². The molecular formula is C28H28ClN3O3S. The van der Waals surface area contributed by atoms with Gasteiger partial charge in [-0.1, -0.05) is 65.8 Å². The van der Waals surface area contributed by atoms with Crippen LogP contribution in [-0.4, -0.2) is 24.2 Å². The number of anilines is 1. The first-order valence-electron chi connectivity index (χ1n) is 11.3. The molecule has 1 amide bonds. The van der Waals surface area contributed by atoms with Crippen molar-refractivity contribution in [3.63, 3.8) is 0 Å². The normalized spacial score (nSPS) is 15.2. The lowest BCUT2D eigenvalue weighted by Gasteiger charge is -2.29. The largest absolute Gasteiger partial charge is 0.458 e. The number of esters is 1. The van der Waals surface area contributed by atoms with Crippen LogP contribution in [0.5, 0.6) is 0 Å². The molecule has 1 aliphatic heterocycles. The molecule has 0 bridgehead atoms. The van der Waals surface area contributed by atoms with Crippen molar-refractivity contribution in [2.24, 2.45) is 0 Å². The molecule has 0 aromatic heterocycles. The van der Waals surface area contributed by atoms with Crippen LogP contribution in [0.1, 0.15) is 35.1 Å². The monoisotopic (exact) mass is 521 g/mol. The van der Waals surface area contributed by atoms with E-state index in [4.69, 9.17) is 16.3 Å². The van der Waals surface area contributed by atoms with E-state index in [0.717, 1.165) is 27.9 Å². The highest BCUT2D eigenvalue weighted by molar-refractivity contribution is 8.03. The first-order chi connectivity index (χ1) is 17.2. The van der Waals surface area contributed by atoms with E-state index in [0.29, 0.717) is 26.9 Å². The van der Waals surface area contributed by atoms with Crippen LogP contribution in [0.4, 0.5) is 5.69 Å². The summed E-state index contributed by atoms with van der Waals surface area (Å²) in [5.41, 5.74) is 5.83. The smallest absolute Gasteiger partial charge is 0.337 e. The number of amides is 1. The van der Waals surface area contributed by atoms with Crippen LogP contribution in [0, 0.1) is 32.1 Å². The highest BCUT2D eigenvalue weighted by atomic mass is 35.5. The summed E-state index contributed by atoms with van der Waals surface area (Å²) in [6, 6.07) is 13.3. The lowest BCUT2D eigenvalue weighted by Crippen LogP contribution is -2.29. The van der Waals surface area contributed by atoms with Crippen molar-refractivity contribution in [2.45, 2.75) is 33.6 Å². The first kappa shape index (κ1) is 27.1. The van der Waals surface area contributed by atoms with Crippen LogP contribution in [0.15, 0.2) is 70.9 Å². The molecule has 2 N–H and O–H groups in total. The number of thioether (sulfide) groups is 1. The fourth-order valence-electron chi connectivity index (χ4n) is 4.19. The number of ether oxygens (including phenoxy) is 1. The van der Waals surface area contributed by atoms with E-state index in [2.05, 4.69) is 23.3 Å². The summed E-state index contributed by atoms with van der Waals surface area (Å²) in [4.78, 5) is 25.8. The Morgan fingerprint density at radius 1 is 1.19 bits per heavy atom. The third-order valence-electron chi connectivity index (χ3n) is 5.69. The summed E-state index contributed by atoms with van der Waals surface area (Å²) in [6.45, 7) is 11.3. The molecule has 2 aromatic rings. The summed E-state index contributed by atoms with van der Waals surface area (Å²) in [5.74, 6) is -1.32. The molecule has 0 saturated heterocycles. The van der Waals surface area contributed by atoms with Crippen LogP contribution in [0.2, 0.25) is 5.02 Å². The predicted molar refractivity (Wildman–Crippen MR) is 146 cm³/mol. The zero-order valence-corrected chi connectivity index (χ0v) is 22.3. The van der Waals surface area contributed by atoms with Gasteiger partial charge in [-0.25, -0.2) is 4.79 Å². The van der Waals surface area contributed by atoms with Gasteiger partial charge in [0.1, 0.15) is 6.61 Å². The molecular weight excluding hydrogens is 494 g/mol. The Morgan fingerprint density at radius 2 is 1.83 bits per heavy atom. The number of aryl methyl sites for hydroxylation is 3. The maximum absolute atomic E-state index is 12.9. The third-order valence-corrected chi connectivity index (χ3v) is 6.96. The van der Waals surface area contributed by atoms with Gasteiger partial charge in [-0.3, -0.25) is 4.79 Å². The summed E-state index contributed by atoms with van der Waals surface area (Å²) < 4.78 is 5.32. The van der Waals surface area contributed by atoms with E-state index < -0.39 is 11.9 Å². The summed E-state index contributed by atoms with van der Waals surface area (Å²) in [7, 11) is 0. The van der Waals surface area contributed by atoms with Gasteiger partial charge in [0, 0.05) is 16.4 Å². The number of nitriles is 1.